The lowest BCUT2D eigenvalue weighted by Gasteiger charge is -2.18. The number of nitrogens with zero attached hydrogens (tertiary/aromatic N) is 2. The molecule has 1 heterocycles. The first-order valence-electron chi connectivity index (χ1n) is 6.84. The maximum absolute atomic E-state index is 10.9. The number of carboxylic acid groups (broad SMARTS) is 1. The van der Waals surface area contributed by atoms with Crippen LogP contribution in [0.5, 0.6) is 5.75 Å². The molecule has 5 nitrogen and oxygen atoms in total. The van der Waals surface area contributed by atoms with Gasteiger partial charge in [-0.25, -0.2) is 0 Å². The molecule has 0 aromatic carbocycles. The summed E-state index contributed by atoms with van der Waals surface area (Å²) < 4.78 is 7.44. The van der Waals surface area contributed by atoms with Crippen molar-refractivity contribution in [2.45, 2.75) is 53.0 Å². The predicted octanol–water partition coefficient (Wildman–Crippen LogP) is 2.95. The van der Waals surface area contributed by atoms with Gasteiger partial charge in [0.15, 0.2) is 5.75 Å². The van der Waals surface area contributed by atoms with Crippen LogP contribution in [0.2, 0.25) is 0 Å². The van der Waals surface area contributed by atoms with Gasteiger partial charge in [0.25, 0.3) is 0 Å². The molecule has 1 N–H and O–H groups in total. The summed E-state index contributed by atoms with van der Waals surface area (Å²) >= 11 is 0. The van der Waals surface area contributed by atoms with E-state index < -0.39 is 11.4 Å². The second-order valence-electron chi connectivity index (χ2n) is 5.43. The van der Waals surface area contributed by atoms with Crippen molar-refractivity contribution in [1.29, 1.82) is 0 Å². The molecular weight excluding hydrogens is 244 g/mol. The summed E-state index contributed by atoms with van der Waals surface area (Å²) in [7, 11) is 0. The van der Waals surface area contributed by atoms with Gasteiger partial charge < -0.3 is 9.84 Å². The summed E-state index contributed by atoms with van der Waals surface area (Å²) in [5, 5.41) is 13.2. The molecule has 0 radical (unpaired) electrons. The molecule has 5 heteroatoms. The van der Waals surface area contributed by atoms with Crippen LogP contribution in [-0.2, 0) is 11.3 Å². The van der Waals surface area contributed by atoms with Gasteiger partial charge in [-0.2, -0.15) is 5.10 Å². The minimum Gasteiger partial charge on any atom is -0.490 e. The maximum atomic E-state index is 10.9. The van der Waals surface area contributed by atoms with E-state index in [1.54, 1.807) is 20.0 Å². The first-order valence-corrected chi connectivity index (χ1v) is 6.84. The number of aliphatic carboxylic acids is 1. The van der Waals surface area contributed by atoms with Crippen LogP contribution >= 0.6 is 0 Å². The molecule has 0 atom stereocenters. The highest BCUT2D eigenvalue weighted by atomic mass is 16.5. The van der Waals surface area contributed by atoms with Crippen molar-refractivity contribution in [2.24, 2.45) is 5.41 Å². The highest BCUT2D eigenvalue weighted by Crippen LogP contribution is 2.23. The maximum Gasteiger partial charge on any atom is 0.309 e. The molecule has 0 aliphatic carbocycles. The third-order valence-electron chi connectivity index (χ3n) is 3.11. The Balaban J connectivity index is 2.18. The molecule has 0 saturated carbocycles. The number of carbonyl (C=O) groups is 1. The van der Waals surface area contributed by atoms with E-state index in [1.807, 2.05) is 10.9 Å². The third-order valence-corrected chi connectivity index (χ3v) is 3.11. The zero-order chi connectivity index (χ0) is 14.3. The molecule has 1 rings (SSSR count). The average molecular weight is 268 g/mol. The van der Waals surface area contributed by atoms with Crippen LogP contribution in [0.4, 0.5) is 0 Å². The highest BCUT2D eigenvalue weighted by Gasteiger charge is 2.25. The molecule has 1 aromatic rings. The lowest BCUT2D eigenvalue weighted by Crippen LogP contribution is -2.23. The molecule has 1 aromatic heterocycles. The van der Waals surface area contributed by atoms with Gasteiger partial charge in [0.2, 0.25) is 0 Å². The van der Waals surface area contributed by atoms with E-state index in [4.69, 9.17) is 9.84 Å². The summed E-state index contributed by atoms with van der Waals surface area (Å²) in [4.78, 5) is 10.9. The van der Waals surface area contributed by atoms with Crippen molar-refractivity contribution >= 4 is 5.97 Å². The van der Waals surface area contributed by atoms with Crippen molar-refractivity contribution in [3.05, 3.63) is 12.4 Å². The molecule has 0 spiro atoms. The summed E-state index contributed by atoms with van der Waals surface area (Å²) in [6.45, 7) is 7.12. The Morgan fingerprint density at radius 1 is 1.47 bits per heavy atom. The lowest BCUT2D eigenvalue weighted by atomic mass is 9.87. The number of hydrogen-bond donors (Lipinski definition) is 1. The van der Waals surface area contributed by atoms with Gasteiger partial charge in [-0.3, -0.25) is 9.48 Å². The van der Waals surface area contributed by atoms with Crippen LogP contribution in [0.15, 0.2) is 12.4 Å². The monoisotopic (exact) mass is 268 g/mol. The molecular formula is C14H24N2O3. The van der Waals surface area contributed by atoms with E-state index in [9.17, 15) is 4.79 Å². The van der Waals surface area contributed by atoms with Crippen molar-refractivity contribution < 1.29 is 14.6 Å². The van der Waals surface area contributed by atoms with Crippen LogP contribution in [0.3, 0.4) is 0 Å². The lowest BCUT2D eigenvalue weighted by molar-refractivity contribution is -0.147. The second kappa shape index (κ2) is 7.16. The second-order valence-corrected chi connectivity index (χ2v) is 5.43. The number of carboxylic acids is 1. The van der Waals surface area contributed by atoms with E-state index in [1.165, 1.54) is 0 Å². The Morgan fingerprint density at radius 2 is 2.21 bits per heavy atom. The van der Waals surface area contributed by atoms with Crippen molar-refractivity contribution in [3.63, 3.8) is 0 Å². The topological polar surface area (TPSA) is 64.3 Å². The number of unbranched alkanes of at least 4 members (excludes halogenated alkanes) is 1. The first-order chi connectivity index (χ1) is 8.95. The summed E-state index contributed by atoms with van der Waals surface area (Å²) in [5.41, 5.74) is -0.647. The van der Waals surface area contributed by atoms with Crippen LogP contribution in [0.25, 0.3) is 0 Å². The van der Waals surface area contributed by atoms with Crippen LogP contribution in [0.1, 0.15) is 46.5 Å². The normalized spacial score (nSPS) is 11.5. The quantitative estimate of drug-likeness (QED) is 0.699. The van der Waals surface area contributed by atoms with Crippen LogP contribution in [-0.4, -0.2) is 27.5 Å². The standard InChI is InChI=1S/C14H24N2O3/c1-4-8-16-11-12(10-15-16)19-9-6-5-7-14(2,3)13(17)18/h10-11H,4-9H2,1-3H3,(H,17,18). The highest BCUT2D eigenvalue weighted by molar-refractivity contribution is 5.73. The fourth-order valence-electron chi connectivity index (χ4n) is 1.74. The Morgan fingerprint density at radius 3 is 2.84 bits per heavy atom. The molecule has 0 unspecified atom stereocenters. The smallest absolute Gasteiger partial charge is 0.309 e. The Hall–Kier alpha value is -1.52. The van der Waals surface area contributed by atoms with Gasteiger partial charge in [0, 0.05) is 6.54 Å². The van der Waals surface area contributed by atoms with Crippen molar-refractivity contribution in [1.82, 2.24) is 9.78 Å². The van der Waals surface area contributed by atoms with Crippen molar-refractivity contribution in [2.75, 3.05) is 6.61 Å². The molecule has 0 fully saturated rings. The molecule has 0 saturated heterocycles. The van der Waals surface area contributed by atoms with Crippen LogP contribution < -0.4 is 4.74 Å². The minimum absolute atomic E-state index is 0.605. The zero-order valence-electron chi connectivity index (χ0n) is 12.1. The van der Waals surface area contributed by atoms with Gasteiger partial charge in [-0.1, -0.05) is 6.92 Å². The minimum atomic E-state index is -0.741. The Labute approximate surface area is 114 Å². The van der Waals surface area contributed by atoms with E-state index in [0.29, 0.717) is 13.0 Å². The number of aromatic nitrogens is 2. The van der Waals surface area contributed by atoms with Gasteiger partial charge in [0.05, 0.1) is 24.4 Å². The molecule has 0 aliphatic heterocycles. The van der Waals surface area contributed by atoms with E-state index in [2.05, 4.69) is 12.0 Å². The molecule has 19 heavy (non-hydrogen) atoms. The summed E-state index contributed by atoms with van der Waals surface area (Å²) in [5.74, 6) is 0.0419. The average Bonchev–Trinajstić information content (AvgIpc) is 2.76. The Kier molecular flexibility index (Phi) is 5.86. The fourth-order valence-corrected chi connectivity index (χ4v) is 1.74. The predicted molar refractivity (Wildman–Crippen MR) is 73.3 cm³/mol. The summed E-state index contributed by atoms with van der Waals surface area (Å²) in [6, 6.07) is 0. The van der Waals surface area contributed by atoms with Gasteiger partial charge in [-0.15, -0.1) is 0 Å². The van der Waals surface area contributed by atoms with Crippen LogP contribution in [0, 0.1) is 5.41 Å². The zero-order valence-corrected chi connectivity index (χ0v) is 12.1. The number of aryl methyl sites for hydroxylation is 1. The molecule has 0 bridgehead atoms. The van der Waals surface area contributed by atoms with Gasteiger partial charge >= 0.3 is 5.97 Å². The third kappa shape index (κ3) is 5.32. The van der Waals surface area contributed by atoms with Gasteiger partial charge in [0.1, 0.15) is 0 Å². The number of rotatable bonds is 9. The van der Waals surface area contributed by atoms with Crippen molar-refractivity contribution in [3.8, 4) is 5.75 Å². The van der Waals surface area contributed by atoms with E-state index >= 15 is 0 Å². The molecule has 0 aliphatic rings. The largest absolute Gasteiger partial charge is 0.490 e. The molecule has 108 valence electrons. The summed E-state index contributed by atoms with van der Waals surface area (Å²) in [6.07, 6.45) is 7.03. The first kappa shape index (κ1) is 15.5. The van der Waals surface area contributed by atoms with Gasteiger partial charge in [-0.05, 0) is 39.5 Å². The van der Waals surface area contributed by atoms with E-state index in [0.717, 1.165) is 31.6 Å². The van der Waals surface area contributed by atoms with E-state index in [-0.39, 0.29) is 0 Å². The molecule has 0 amide bonds. The SMILES string of the molecule is CCCn1cc(OCCCCC(C)(C)C(=O)O)cn1. The number of ether oxygens (including phenoxy) is 1. The number of hydrogen-bond acceptors (Lipinski definition) is 3. The Bertz CT molecular complexity index is 399. The fraction of sp³-hybridized carbons (Fsp3) is 0.714.